The fourth-order valence-corrected chi connectivity index (χ4v) is 8.94. The molecule has 0 spiro atoms. The van der Waals surface area contributed by atoms with Crippen molar-refractivity contribution in [1.29, 1.82) is 0 Å². The van der Waals surface area contributed by atoms with Crippen molar-refractivity contribution in [3.8, 4) is 0 Å². The van der Waals surface area contributed by atoms with Gasteiger partial charge < -0.3 is 39.0 Å². The molecular weight excluding hydrogens is 949 g/mol. The Morgan fingerprint density at radius 2 is 0.840 bits per heavy atom. The predicted molar refractivity (Wildman–Crippen MR) is 303 cm³/mol. The number of esters is 3. The number of carbonyl (C=O) groups is 4. The molecule has 0 bridgehead atoms. The molecule has 6 atom stereocenters. The van der Waals surface area contributed by atoms with E-state index in [2.05, 4.69) is 81.5 Å². The Labute approximate surface area is 456 Å². The molecule has 0 aromatic rings. The Morgan fingerprint density at radius 3 is 1.31 bits per heavy atom. The van der Waals surface area contributed by atoms with Gasteiger partial charge in [0.05, 0.1) is 6.61 Å². The van der Waals surface area contributed by atoms with Crippen LogP contribution in [0.2, 0.25) is 0 Å². The Morgan fingerprint density at radius 1 is 0.453 bits per heavy atom. The number of unbranched alkanes of at least 4 members (excludes halogenated alkanes) is 27. The van der Waals surface area contributed by atoms with Gasteiger partial charge in [-0.2, -0.15) is 0 Å². The fraction of sp³-hybridized carbons (Fsp3) is 0.778. The first-order chi connectivity index (χ1) is 36.6. The van der Waals surface area contributed by atoms with E-state index in [1.165, 1.54) is 96.3 Å². The number of hydrogen-bond donors (Lipinski definition) is 3. The van der Waals surface area contributed by atoms with E-state index >= 15 is 0 Å². The second kappa shape index (κ2) is 51.2. The molecule has 1 saturated heterocycles. The van der Waals surface area contributed by atoms with Gasteiger partial charge in [-0.15, -0.1) is 0 Å². The highest BCUT2D eigenvalue weighted by atomic mass is 16.7. The van der Waals surface area contributed by atoms with Crippen molar-refractivity contribution in [2.45, 2.75) is 302 Å². The zero-order valence-electron chi connectivity index (χ0n) is 47.5. The van der Waals surface area contributed by atoms with Crippen LogP contribution >= 0.6 is 0 Å². The minimum atomic E-state index is -1.91. The van der Waals surface area contributed by atoms with Crippen LogP contribution in [0.3, 0.4) is 0 Å². The Balaban J connectivity index is 2.69. The van der Waals surface area contributed by atoms with Crippen LogP contribution in [0.1, 0.15) is 265 Å². The molecule has 0 radical (unpaired) electrons. The maximum absolute atomic E-state index is 13.1. The average Bonchev–Trinajstić information content (AvgIpc) is 3.39. The number of carboxylic acid groups (broad SMARTS) is 1. The number of allylic oxidation sites excluding steroid dienone is 10. The Kier molecular flexibility index (Phi) is 47.4. The number of aliphatic hydroxyl groups excluding tert-OH is 2. The highest BCUT2D eigenvalue weighted by Crippen LogP contribution is 2.26. The summed E-state index contributed by atoms with van der Waals surface area (Å²) in [6.07, 6.45) is 50.4. The molecule has 1 rings (SSSR count). The third-order valence-electron chi connectivity index (χ3n) is 13.6. The molecule has 432 valence electrons. The molecule has 1 aliphatic rings. The Bertz CT molecular complexity index is 1540. The minimum absolute atomic E-state index is 0.0407. The molecule has 12 nitrogen and oxygen atoms in total. The van der Waals surface area contributed by atoms with Crippen LogP contribution in [0, 0.1) is 0 Å². The minimum Gasteiger partial charge on any atom is -0.479 e. The zero-order chi connectivity index (χ0) is 54.7. The summed E-state index contributed by atoms with van der Waals surface area (Å²) < 4.78 is 28.4. The van der Waals surface area contributed by atoms with Gasteiger partial charge in [-0.3, -0.25) is 14.4 Å². The zero-order valence-corrected chi connectivity index (χ0v) is 47.5. The first kappa shape index (κ1) is 69.4. The molecule has 0 amide bonds. The monoisotopic (exact) mass is 1060 g/mol. The second-order valence-electron chi connectivity index (χ2n) is 20.6. The van der Waals surface area contributed by atoms with Crippen LogP contribution in [0.5, 0.6) is 0 Å². The van der Waals surface area contributed by atoms with E-state index in [1.807, 2.05) is 0 Å². The van der Waals surface area contributed by atoms with Crippen molar-refractivity contribution in [3.05, 3.63) is 60.8 Å². The summed E-state index contributed by atoms with van der Waals surface area (Å²) >= 11 is 0. The van der Waals surface area contributed by atoms with E-state index in [0.717, 1.165) is 109 Å². The van der Waals surface area contributed by atoms with E-state index in [0.29, 0.717) is 19.3 Å². The van der Waals surface area contributed by atoms with Gasteiger partial charge in [0, 0.05) is 19.3 Å². The van der Waals surface area contributed by atoms with Gasteiger partial charge in [0.15, 0.2) is 24.6 Å². The number of hydrogen-bond acceptors (Lipinski definition) is 11. The first-order valence-corrected chi connectivity index (χ1v) is 30.3. The normalized spacial score (nSPS) is 18.5. The molecule has 0 aromatic carbocycles. The lowest BCUT2D eigenvalue weighted by Crippen LogP contribution is -2.61. The maximum Gasteiger partial charge on any atom is 0.335 e. The van der Waals surface area contributed by atoms with Gasteiger partial charge in [0.25, 0.3) is 0 Å². The summed E-state index contributed by atoms with van der Waals surface area (Å²) in [5, 5.41) is 31.5. The molecule has 75 heavy (non-hydrogen) atoms. The van der Waals surface area contributed by atoms with Gasteiger partial charge in [-0.05, 0) is 83.5 Å². The third-order valence-corrected chi connectivity index (χ3v) is 13.6. The van der Waals surface area contributed by atoms with Crippen LogP contribution in [-0.4, -0.2) is 89.2 Å². The van der Waals surface area contributed by atoms with Crippen LogP contribution < -0.4 is 0 Å². The highest BCUT2D eigenvalue weighted by Gasteiger charge is 2.50. The molecular formula is C63H108O12. The largest absolute Gasteiger partial charge is 0.479 e. The second-order valence-corrected chi connectivity index (χ2v) is 20.6. The van der Waals surface area contributed by atoms with Gasteiger partial charge >= 0.3 is 23.9 Å². The number of aliphatic carboxylic acids is 1. The quantitative estimate of drug-likeness (QED) is 0.0228. The predicted octanol–water partition coefficient (Wildman–Crippen LogP) is 15.6. The molecule has 12 heteroatoms. The summed E-state index contributed by atoms with van der Waals surface area (Å²) in [6.45, 7) is 5.85. The number of ether oxygens (including phenoxy) is 5. The molecule has 0 aliphatic carbocycles. The summed E-state index contributed by atoms with van der Waals surface area (Å²) in [5.74, 6) is -3.14. The molecule has 1 aliphatic heterocycles. The number of carbonyl (C=O) groups excluding carboxylic acids is 3. The molecule has 0 aromatic heterocycles. The number of aliphatic hydroxyl groups is 2. The number of rotatable bonds is 51. The van der Waals surface area contributed by atoms with Crippen molar-refractivity contribution in [2.75, 3.05) is 13.2 Å². The highest BCUT2D eigenvalue weighted by molar-refractivity contribution is 5.74. The van der Waals surface area contributed by atoms with E-state index in [4.69, 9.17) is 23.7 Å². The summed E-state index contributed by atoms with van der Waals surface area (Å²) in [4.78, 5) is 51.1. The molecule has 1 heterocycles. The molecule has 0 saturated carbocycles. The van der Waals surface area contributed by atoms with Crippen molar-refractivity contribution >= 4 is 23.9 Å². The van der Waals surface area contributed by atoms with Crippen molar-refractivity contribution in [3.63, 3.8) is 0 Å². The van der Waals surface area contributed by atoms with E-state index in [-0.39, 0.29) is 25.9 Å². The average molecular weight is 1060 g/mol. The standard InChI is InChI=1S/C63H108O12/c1-4-7-10-13-16-19-22-25-27-28-30-32-34-37-40-43-46-49-55(64)71-52-54(73-56(65)50-47-44-41-38-35-31-24-21-18-15-12-9-6-3)53-72-63-61(59(68)58(67)60(75-63)62(69)70)74-57(66)51-48-45-42-39-36-33-29-26-23-20-17-14-11-8-5-2/h8,11,16-17,19-20,25-27,29,54,58-61,63,67-68H,4-7,9-10,12-15,18,21-24,28,30-53H2,1-3H3,(H,69,70)/b11-8-,19-16-,20-17-,27-25-,29-26-. The lowest BCUT2D eigenvalue weighted by Gasteiger charge is -2.40. The van der Waals surface area contributed by atoms with Gasteiger partial charge in [-0.25, -0.2) is 4.79 Å². The smallest absolute Gasteiger partial charge is 0.335 e. The lowest BCUT2D eigenvalue weighted by molar-refractivity contribution is -0.301. The van der Waals surface area contributed by atoms with Crippen LogP contribution in [0.15, 0.2) is 60.8 Å². The molecule has 3 N–H and O–H groups in total. The topological polar surface area (TPSA) is 175 Å². The van der Waals surface area contributed by atoms with Gasteiger partial charge in [0.2, 0.25) is 0 Å². The molecule has 6 unspecified atom stereocenters. The third kappa shape index (κ3) is 41.2. The first-order valence-electron chi connectivity index (χ1n) is 30.3. The summed E-state index contributed by atoms with van der Waals surface area (Å²) in [7, 11) is 0. The van der Waals surface area contributed by atoms with Crippen molar-refractivity contribution in [2.24, 2.45) is 0 Å². The van der Waals surface area contributed by atoms with Crippen molar-refractivity contribution in [1.82, 2.24) is 0 Å². The van der Waals surface area contributed by atoms with Crippen LogP contribution in [0.4, 0.5) is 0 Å². The maximum atomic E-state index is 13.1. The number of carboxylic acids is 1. The van der Waals surface area contributed by atoms with Crippen LogP contribution in [-0.2, 0) is 42.9 Å². The van der Waals surface area contributed by atoms with E-state index < -0.39 is 67.3 Å². The van der Waals surface area contributed by atoms with Crippen molar-refractivity contribution < 1.29 is 58.2 Å². The lowest BCUT2D eigenvalue weighted by atomic mass is 9.98. The summed E-state index contributed by atoms with van der Waals surface area (Å²) in [6, 6.07) is 0. The van der Waals surface area contributed by atoms with Crippen LogP contribution in [0.25, 0.3) is 0 Å². The van der Waals surface area contributed by atoms with Gasteiger partial charge in [-0.1, -0.05) is 223 Å². The Hall–Kier alpha value is -3.58. The van der Waals surface area contributed by atoms with E-state index in [9.17, 15) is 34.5 Å². The summed E-state index contributed by atoms with van der Waals surface area (Å²) in [5.41, 5.74) is 0. The fourth-order valence-electron chi connectivity index (χ4n) is 8.94. The molecule has 1 fully saturated rings. The van der Waals surface area contributed by atoms with Gasteiger partial charge in [0.1, 0.15) is 18.8 Å². The van der Waals surface area contributed by atoms with E-state index in [1.54, 1.807) is 0 Å². The SMILES string of the molecule is CC/C=C\C/C=C\C/C=C\CCCCCCCC(=O)OC1C(OCC(COC(=O)CCCCCCCCC/C=C\C/C=C\CCCCC)OC(=O)CCCCCCCCCCCCCCC)OC(C(=O)O)C(O)C1O.